The van der Waals surface area contributed by atoms with E-state index in [2.05, 4.69) is 36.2 Å². The highest BCUT2D eigenvalue weighted by Crippen LogP contribution is 2.33. The molecular formula is C13H17N7. The van der Waals surface area contributed by atoms with Crippen LogP contribution in [0.5, 0.6) is 0 Å². The summed E-state index contributed by atoms with van der Waals surface area (Å²) < 4.78 is 0. The lowest BCUT2D eigenvalue weighted by atomic mass is 10.3. The fourth-order valence-electron chi connectivity index (χ4n) is 2.28. The first kappa shape index (κ1) is 12.7. The van der Waals surface area contributed by atoms with Crippen LogP contribution in [-0.4, -0.2) is 39.1 Å². The molecule has 7 heteroatoms. The molecule has 1 aliphatic carbocycles. The molecule has 0 unspecified atom stereocenters. The number of fused-ring (bicyclic) bond motifs is 1. The first-order valence-electron chi connectivity index (χ1n) is 6.92. The van der Waals surface area contributed by atoms with Crippen LogP contribution in [0.1, 0.15) is 26.2 Å². The SMILES string of the molecule is CCNc1nc(N(CCC#N)C2CC2)c2[nH]cnc2n1. The van der Waals surface area contributed by atoms with Crippen molar-refractivity contribution >= 4 is 22.9 Å². The quantitative estimate of drug-likeness (QED) is 0.830. The van der Waals surface area contributed by atoms with Crippen molar-refractivity contribution in [3.05, 3.63) is 6.33 Å². The maximum Gasteiger partial charge on any atom is 0.226 e. The second-order valence-corrected chi connectivity index (χ2v) is 4.83. The predicted octanol–water partition coefficient (Wildman–Crippen LogP) is 1.67. The van der Waals surface area contributed by atoms with Gasteiger partial charge in [-0.15, -0.1) is 0 Å². The molecule has 0 spiro atoms. The minimum absolute atomic E-state index is 0.485. The van der Waals surface area contributed by atoms with E-state index in [9.17, 15) is 0 Å². The molecule has 0 aromatic carbocycles. The molecule has 2 aromatic heterocycles. The van der Waals surface area contributed by atoms with Crippen LogP contribution < -0.4 is 10.2 Å². The summed E-state index contributed by atoms with van der Waals surface area (Å²) >= 11 is 0. The normalized spacial score (nSPS) is 14.2. The fourth-order valence-corrected chi connectivity index (χ4v) is 2.28. The Hall–Kier alpha value is -2.36. The Morgan fingerprint density at radius 3 is 3.05 bits per heavy atom. The Bertz CT molecular complexity index is 638. The van der Waals surface area contributed by atoms with Gasteiger partial charge in [0, 0.05) is 19.1 Å². The summed E-state index contributed by atoms with van der Waals surface area (Å²) in [5.41, 5.74) is 1.50. The van der Waals surface area contributed by atoms with Crippen molar-refractivity contribution in [2.75, 3.05) is 23.3 Å². The van der Waals surface area contributed by atoms with Crippen molar-refractivity contribution in [3.63, 3.8) is 0 Å². The second kappa shape index (κ2) is 5.33. The number of hydrogen-bond donors (Lipinski definition) is 2. The number of nitrogens with one attached hydrogen (secondary N) is 2. The van der Waals surface area contributed by atoms with Crippen molar-refractivity contribution in [1.82, 2.24) is 19.9 Å². The molecule has 0 bridgehead atoms. The molecule has 0 amide bonds. The number of imidazole rings is 1. The van der Waals surface area contributed by atoms with Gasteiger partial charge < -0.3 is 15.2 Å². The smallest absolute Gasteiger partial charge is 0.226 e. The molecular weight excluding hydrogens is 254 g/mol. The highest BCUT2D eigenvalue weighted by Gasteiger charge is 2.31. The minimum atomic E-state index is 0.485. The Labute approximate surface area is 117 Å². The van der Waals surface area contributed by atoms with E-state index in [4.69, 9.17) is 5.26 Å². The zero-order valence-electron chi connectivity index (χ0n) is 11.4. The van der Waals surface area contributed by atoms with Crippen LogP contribution in [0.25, 0.3) is 11.2 Å². The summed E-state index contributed by atoms with van der Waals surface area (Å²) in [4.78, 5) is 18.5. The summed E-state index contributed by atoms with van der Waals surface area (Å²) in [5.74, 6) is 1.44. The van der Waals surface area contributed by atoms with Crippen molar-refractivity contribution in [1.29, 1.82) is 5.26 Å². The molecule has 0 aliphatic heterocycles. The van der Waals surface area contributed by atoms with Gasteiger partial charge in [-0.3, -0.25) is 0 Å². The number of anilines is 2. The third-order valence-corrected chi connectivity index (χ3v) is 3.33. The van der Waals surface area contributed by atoms with Crippen LogP contribution in [0.4, 0.5) is 11.8 Å². The van der Waals surface area contributed by atoms with Crippen LogP contribution in [-0.2, 0) is 0 Å². The fraction of sp³-hybridized carbons (Fsp3) is 0.538. The molecule has 3 rings (SSSR count). The van der Waals surface area contributed by atoms with Gasteiger partial charge in [-0.25, -0.2) is 4.98 Å². The third-order valence-electron chi connectivity index (χ3n) is 3.33. The van der Waals surface area contributed by atoms with E-state index in [1.165, 1.54) is 0 Å². The molecule has 1 aliphatic rings. The lowest BCUT2D eigenvalue weighted by molar-refractivity contribution is 0.780. The van der Waals surface area contributed by atoms with Crippen LogP contribution in [0, 0.1) is 11.3 Å². The van der Waals surface area contributed by atoms with Crippen LogP contribution in [0.15, 0.2) is 6.33 Å². The van der Waals surface area contributed by atoms with E-state index in [-0.39, 0.29) is 0 Å². The van der Waals surface area contributed by atoms with Gasteiger partial charge in [0.1, 0.15) is 5.52 Å². The number of rotatable bonds is 6. The van der Waals surface area contributed by atoms with Gasteiger partial charge in [-0.05, 0) is 19.8 Å². The maximum atomic E-state index is 8.83. The Balaban J connectivity index is 2.02. The molecule has 1 saturated carbocycles. The number of aromatic amines is 1. The summed E-state index contributed by atoms with van der Waals surface area (Å²) in [5, 5.41) is 12.0. The van der Waals surface area contributed by atoms with Crippen LogP contribution >= 0.6 is 0 Å². The monoisotopic (exact) mass is 271 g/mol. The topological polar surface area (TPSA) is 93.5 Å². The van der Waals surface area contributed by atoms with E-state index < -0.39 is 0 Å². The highest BCUT2D eigenvalue weighted by atomic mass is 15.3. The molecule has 104 valence electrons. The van der Waals surface area contributed by atoms with Gasteiger partial charge in [0.15, 0.2) is 11.5 Å². The number of nitriles is 1. The number of H-pyrrole nitrogens is 1. The molecule has 20 heavy (non-hydrogen) atoms. The van der Waals surface area contributed by atoms with Crippen molar-refractivity contribution in [2.45, 2.75) is 32.2 Å². The first-order valence-corrected chi connectivity index (χ1v) is 6.92. The number of aromatic nitrogens is 4. The third kappa shape index (κ3) is 2.37. The molecule has 0 atom stereocenters. The molecule has 2 N–H and O–H groups in total. The Morgan fingerprint density at radius 2 is 2.35 bits per heavy atom. The molecule has 1 fully saturated rings. The molecule has 2 heterocycles. The standard InChI is InChI=1S/C13H17N7/c1-2-15-13-18-11-10(16-8-17-11)12(19-13)20(7-3-6-14)9-4-5-9/h8-9H,2-5,7H2,1H3,(H2,15,16,17,18,19). The van der Waals surface area contributed by atoms with E-state index in [1.54, 1.807) is 6.33 Å². The van der Waals surface area contributed by atoms with E-state index in [1.807, 2.05) is 6.92 Å². The van der Waals surface area contributed by atoms with Gasteiger partial charge >= 0.3 is 0 Å². The van der Waals surface area contributed by atoms with E-state index >= 15 is 0 Å². The zero-order valence-corrected chi connectivity index (χ0v) is 11.4. The average Bonchev–Trinajstić information content (AvgIpc) is 3.17. The van der Waals surface area contributed by atoms with E-state index in [0.717, 1.165) is 30.7 Å². The molecule has 2 aromatic rings. The van der Waals surface area contributed by atoms with Gasteiger partial charge in [0.25, 0.3) is 0 Å². The number of hydrogen-bond acceptors (Lipinski definition) is 6. The highest BCUT2D eigenvalue weighted by molar-refractivity contribution is 5.84. The summed E-state index contributed by atoms with van der Waals surface area (Å²) in [7, 11) is 0. The van der Waals surface area contributed by atoms with Crippen molar-refractivity contribution < 1.29 is 0 Å². The van der Waals surface area contributed by atoms with Crippen molar-refractivity contribution in [2.24, 2.45) is 0 Å². The summed E-state index contributed by atoms with van der Waals surface area (Å²) in [6.07, 6.45) is 4.43. The summed E-state index contributed by atoms with van der Waals surface area (Å²) in [6.45, 7) is 3.46. The van der Waals surface area contributed by atoms with Gasteiger partial charge in [0.2, 0.25) is 5.95 Å². The minimum Gasteiger partial charge on any atom is -0.354 e. The lowest BCUT2D eigenvalue weighted by Gasteiger charge is -2.23. The van der Waals surface area contributed by atoms with Gasteiger partial charge in [0.05, 0.1) is 18.8 Å². The molecule has 7 nitrogen and oxygen atoms in total. The largest absolute Gasteiger partial charge is 0.354 e. The molecule has 0 saturated heterocycles. The second-order valence-electron chi connectivity index (χ2n) is 4.83. The van der Waals surface area contributed by atoms with Gasteiger partial charge in [-0.2, -0.15) is 15.2 Å². The van der Waals surface area contributed by atoms with E-state index in [0.29, 0.717) is 30.6 Å². The predicted molar refractivity (Wildman–Crippen MR) is 76.4 cm³/mol. The zero-order chi connectivity index (χ0) is 13.9. The summed E-state index contributed by atoms with van der Waals surface area (Å²) in [6, 6.07) is 2.69. The lowest BCUT2D eigenvalue weighted by Crippen LogP contribution is -2.28. The first-order chi connectivity index (χ1) is 9.83. The molecule has 0 radical (unpaired) electrons. The van der Waals surface area contributed by atoms with Crippen molar-refractivity contribution in [3.8, 4) is 6.07 Å². The van der Waals surface area contributed by atoms with Gasteiger partial charge in [-0.1, -0.05) is 0 Å². The van der Waals surface area contributed by atoms with Crippen LogP contribution in [0.3, 0.4) is 0 Å². The Kier molecular flexibility index (Phi) is 3.37. The Morgan fingerprint density at radius 1 is 1.50 bits per heavy atom. The average molecular weight is 271 g/mol. The number of nitrogens with zero attached hydrogens (tertiary/aromatic N) is 5. The maximum absolute atomic E-state index is 8.83. The van der Waals surface area contributed by atoms with Crippen LogP contribution in [0.2, 0.25) is 0 Å².